The van der Waals surface area contributed by atoms with Gasteiger partial charge in [0.15, 0.2) is 0 Å². The molecule has 1 unspecified atom stereocenters. The Labute approximate surface area is 112 Å². The van der Waals surface area contributed by atoms with Crippen LogP contribution in [-0.4, -0.2) is 17.5 Å². The first-order valence-electron chi connectivity index (χ1n) is 5.96. The fourth-order valence-electron chi connectivity index (χ4n) is 1.46. The predicted octanol–water partition coefficient (Wildman–Crippen LogP) is 1.09. The fraction of sp³-hybridized carbons (Fsp3) is 0.385. The number of nitrogens with one attached hydrogen (secondary N) is 2. The van der Waals surface area contributed by atoms with Crippen molar-refractivity contribution < 1.29 is 9.59 Å². The Balaban J connectivity index is 2.70. The van der Waals surface area contributed by atoms with Crippen molar-refractivity contribution >= 4 is 17.6 Å². The van der Waals surface area contributed by atoms with E-state index in [9.17, 15) is 9.59 Å². The van der Waals surface area contributed by atoms with E-state index in [0.29, 0.717) is 5.69 Å². The number of rotatable bonds is 4. The molecule has 1 rings (SSSR count). The Hall–Kier alpha value is -2.08. The van der Waals surface area contributed by atoms with Gasteiger partial charge in [-0.05, 0) is 38.5 Å². The zero-order valence-electron chi connectivity index (χ0n) is 11.4. The Bertz CT molecular complexity index is 463. The van der Waals surface area contributed by atoms with Crippen LogP contribution in [0.2, 0.25) is 0 Å². The maximum Gasteiger partial charge on any atom is 0.316 e. The molecule has 0 aliphatic heterocycles. The van der Waals surface area contributed by atoms with E-state index in [2.05, 4.69) is 10.6 Å². The average molecular weight is 264 g/mol. The number of anilines is 1. The predicted molar refractivity (Wildman–Crippen MR) is 74.5 cm³/mol. The van der Waals surface area contributed by atoms with Crippen molar-refractivity contribution in [1.82, 2.24) is 5.32 Å². The normalized spacial score (nSPS) is 12.6. The lowest BCUT2D eigenvalue weighted by atomic mass is 10.0. The molecule has 6 heteroatoms. The minimum Gasteiger partial charge on any atom is -0.351 e. The first-order valence-corrected chi connectivity index (χ1v) is 5.96. The first-order chi connectivity index (χ1) is 8.70. The van der Waals surface area contributed by atoms with E-state index in [1.807, 2.05) is 6.92 Å². The van der Waals surface area contributed by atoms with Crippen LogP contribution in [0.3, 0.4) is 0 Å². The van der Waals surface area contributed by atoms with E-state index in [4.69, 9.17) is 11.5 Å². The Morgan fingerprint density at radius 1 is 1.21 bits per heavy atom. The lowest BCUT2D eigenvalue weighted by molar-refractivity contribution is -0.125. The Morgan fingerprint density at radius 3 is 2.16 bits per heavy atom. The van der Waals surface area contributed by atoms with Gasteiger partial charge in [-0.2, -0.15) is 0 Å². The molecule has 104 valence electrons. The van der Waals surface area contributed by atoms with Gasteiger partial charge in [0.2, 0.25) is 5.91 Å². The smallest absolute Gasteiger partial charge is 0.316 e. The van der Waals surface area contributed by atoms with Crippen LogP contribution in [0.15, 0.2) is 24.3 Å². The molecule has 0 aliphatic rings. The number of carbonyl (C=O) groups is 2. The SMILES string of the molecule is CC(NC(=O)C(C)(C)N)c1ccc(NC(N)=O)cc1. The van der Waals surface area contributed by atoms with Crippen LogP contribution >= 0.6 is 0 Å². The molecule has 6 N–H and O–H groups in total. The molecule has 0 fully saturated rings. The number of urea groups is 1. The second kappa shape index (κ2) is 5.71. The molecule has 0 heterocycles. The summed E-state index contributed by atoms with van der Waals surface area (Å²) in [5, 5.41) is 5.29. The summed E-state index contributed by atoms with van der Waals surface area (Å²) in [6.07, 6.45) is 0. The van der Waals surface area contributed by atoms with Crippen molar-refractivity contribution in [3.8, 4) is 0 Å². The quantitative estimate of drug-likeness (QED) is 0.653. The zero-order valence-corrected chi connectivity index (χ0v) is 11.4. The van der Waals surface area contributed by atoms with Gasteiger partial charge >= 0.3 is 6.03 Å². The molecule has 0 spiro atoms. The summed E-state index contributed by atoms with van der Waals surface area (Å²) in [5.41, 5.74) is 11.3. The molecule has 0 aliphatic carbocycles. The molecule has 0 aromatic heterocycles. The summed E-state index contributed by atoms with van der Waals surface area (Å²) in [5.74, 6) is -0.223. The number of amides is 3. The van der Waals surface area contributed by atoms with Crippen molar-refractivity contribution in [3.05, 3.63) is 29.8 Å². The molecule has 0 bridgehead atoms. The van der Waals surface area contributed by atoms with E-state index in [1.54, 1.807) is 38.1 Å². The molecule has 0 saturated carbocycles. The molecule has 0 radical (unpaired) electrons. The van der Waals surface area contributed by atoms with Crippen LogP contribution < -0.4 is 22.1 Å². The van der Waals surface area contributed by atoms with Crippen LogP contribution in [0.5, 0.6) is 0 Å². The molecule has 1 aromatic carbocycles. The summed E-state index contributed by atoms with van der Waals surface area (Å²) in [6.45, 7) is 5.16. The highest BCUT2D eigenvalue weighted by Gasteiger charge is 2.23. The van der Waals surface area contributed by atoms with Crippen molar-refractivity contribution in [3.63, 3.8) is 0 Å². The molecular formula is C13H20N4O2. The second-order valence-corrected chi connectivity index (χ2v) is 5.03. The van der Waals surface area contributed by atoms with Gasteiger partial charge in [-0.3, -0.25) is 4.79 Å². The summed E-state index contributed by atoms with van der Waals surface area (Å²) >= 11 is 0. The summed E-state index contributed by atoms with van der Waals surface area (Å²) in [6, 6.07) is 6.27. The van der Waals surface area contributed by atoms with Gasteiger partial charge in [0.25, 0.3) is 0 Å². The van der Waals surface area contributed by atoms with E-state index < -0.39 is 11.6 Å². The van der Waals surface area contributed by atoms with Crippen molar-refractivity contribution in [1.29, 1.82) is 0 Å². The van der Waals surface area contributed by atoms with Gasteiger partial charge < -0.3 is 22.1 Å². The fourth-order valence-corrected chi connectivity index (χ4v) is 1.46. The highest BCUT2D eigenvalue weighted by atomic mass is 16.2. The highest BCUT2D eigenvalue weighted by Crippen LogP contribution is 2.16. The minimum absolute atomic E-state index is 0.169. The lowest BCUT2D eigenvalue weighted by Gasteiger charge is -2.22. The molecule has 6 nitrogen and oxygen atoms in total. The highest BCUT2D eigenvalue weighted by molar-refractivity contribution is 5.87. The second-order valence-electron chi connectivity index (χ2n) is 5.03. The third kappa shape index (κ3) is 4.59. The Kier molecular flexibility index (Phi) is 4.50. The molecule has 19 heavy (non-hydrogen) atoms. The van der Waals surface area contributed by atoms with Gasteiger partial charge in [0, 0.05) is 5.69 Å². The van der Waals surface area contributed by atoms with E-state index in [1.165, 1.54) is 0 Å². The van der Waals surface area contributed by atoms with E-state index in [-0.39, 0.29) is 11.9 Å². The van der Waals surface area contributed by atoms with E-state index >= 15 is 0 Å². The third-order valence-corrected chi connectivity index (χ3v) is 2.61. The summed E-state index contributed by atoms with van der Waals surface area (Å²) < 4.78 is 0. The van der Waals surface area contributed by atoms with Gasteiger partial charge in [-0.25, -0.2) is 4.79 Å². The van der Waals surface area contributed by atoms with Crippen LogP contribution in [-0.2, 0) is 4.79 Å². The number of benzene rings is 1. The van der Waals surface area contributed by atoms with Crippen LogP contribution in [0.4, 0.5) is 10.5 Å². The minimum atomic E-state index is -0.915. The largest absolute Gasteiger partial charge is 0.351 e. The van der Waals surface area contributed by atoms with Crippen LogP contribution in [0, 0.1) is 0 Å². The van der Waals surface area contributed by atoms with Gasteiger partial charge in [-0.15, -0.1) is 0 Å². The molecule has 0 saturated heterocycles. The lowest BCUT2D eigenvalue weighted by Crippen LogP contribution is -2.49. The van der Waals surface area contributed by atoms with Crippen molar-refractivity contribution in [2.45, 2.75) is 32.4 Å². The maximum absolute atomic E-state index is 11.8. The monoisotopic (exact) mass is 264 g/mol. The van der Waals surface area contributed by atoms with Gasteiger partial charge in [0.1, 0.15) is 0 Å². The third-order valence-electron chi connectivity index (χ3n) is 2.61. The summed E-state index contributed by atoms with van der Waals surface area (Å²) in [7, 11) is 0. The number of primary amides is 1. The molecule has 3 amide bonds. The summed E-state index contributed by atoms with van der Waals surface area (Å²) in [4.78, 5) is 22.4. The van der Waals surface area contributed by atoms with Crippen molar-refractivity contribution in [2.75, 3.05) is 5.32 Å². The van der Waals surface area contributed by atoms with Gasteiger partial charge in [0.05, 0.1) is 11.6 Å². The standard InChI is InChI=1S/C13H20N4O2/c1-8(16-11(18)13(2,3)15)9-4-6-10(7-5-9)17-12(14)19/h4-8H,15H2,1-3H3,(H,16,18)(H3,14,17,19). The number of hydrogen-bond donors (Lipinski definition) is 4. The average Bonchev–Trinajstić information content (AvgIpc) is 2.27. The first kappa shape index (κ1) is 15.0. The van der Waals surface area contributed by atoms with E-state index in [0.717, 1.165) is 5.56 Å². The topological polar surface area (TPSA) is 110 Å². The zero-order chi connectivity index (χ0) is 14.6. The van der Waals surface area contributed by atoms with Gasteiger partial charge in [-0.1, -0.05) is 12.1 Å². The molecular weight excluding hydrogens is 244 g/mol. The molecule has 1 atom stereocenters. The Morgan fingerprint density at radius 2 is 1.74 bits per heavy atom. The number of nitrogens with two attached hydrogens (primary N) is 2. The number of carbonyl (C=O) groups excluding carboxylic acids is 2. The van der Waals surface area contributed by atoms with Crippen LogP contribution in [0.1, 0.15) is 32.4 Å². The number of hydrogen-bond acceptors (Lipinski definition) is 3. The maximum atomic E-state index is 11.8. The molecule has 1 aromatic rings. The van der Waals surface area contributed by atoms with Crippen LogP contribution in [0.25, 0.3) is 0 Å². The van der Waals surface area contributed by atoms with Crippen molar-refractivity contribution in [2.24, 2.45) is 11.5 Å².